The molecule has 1 aromatic rings. The van der Waals surface area contributed by atoms with Crippen LogP contribution in [0.25, 0.3) is 0 Å². The van der Waals surface area contributed by atoms with Crippen LogP contribution in [0.1, 0.15) is 6.42 Å². The molecule has 0 saturated carbocycles. The minimum absolute atomic E-state index is 0.0629. The maximum absolute atomic E-state index is 11.8. The highest BCUT2D eigenvalue weighted by Gasteiger charge is 2.16. The van der Waals surface area contributed by atoms with Gasteiger partial charge in [-0.2, -0.15) is 4.31 Å². The summed E-state index contributed by atoms with van der Waals surface area (Å²) in [6.07, 6.45) is 2.65. The maximum Gasteiger partial charge on any atom is 0.225 e. The molecule has 1 amide bonds. The quantitative estimate of drug-likeness (QED) is 0.784. The van der Waals surface area contributed by atoms with E-state index in [1.807, 2.05) is 0 Å². The van der Waals surface area contributed by atoms with Crippen molar-refractivity contribution in [1.82, 2.24) is 4.31 Å². The van der Waals surface area contributed by atoms with Crippen molar-refractivity contribution < 1.29 is 13.2 Å². The summed E-state index contributed by atoms with van der Waals surface area (Å²) in [6, 6.07) is 6.75. The first-order valence-electron chi connectivity index (χ1n) is 5.94. The first kappa shape index (κ1) is 16.7. The number of carbonyl (C=O) groups excluding carboxylic acids is 1. The van der Waals surface area contributed by atoms with E-state index in [9.17, 15) is 13.2 Å². The fourth-order valence-corrected chi connectivity index (χ4v) is 2.54. The van der Waals surface area contributed by atoms with E-state index in [4.69, 9.17) is 11.6 Å². The third-order valence-electron chi connectivity index (χ3n) is 2.50. The van der Waals surface area contributed by atoms with Crippen LogP contribution in [-0.2, 0) is 14.8 Å². The highest BCUT2D eigenvalue weighted by atomic mass is 35.5. The SMILES string of the molecule is C=CCN(CCC(=O)Nc1cccc(Cl)c1)S(C)(=O)=O. The highest BCUT2D eigenvalue weighted by molar-refractivity contribution is 7.88. The summed E-state index contributed by atoms with van der Waals surface area (Å²) >= 11 is 5.81. The lowest BCUT2D eigenvalue weighted by atomic mass is 10.3. The van der Waals surface area contributed by atoms with E-state index in [0.29, 0.717) is 10.7 Å². The summed E-state index contributed by atoms with van der Waals surface area (Å²) in [6.45, 7) is 3.79. The second kappa shape index (κ2) is 7.42. The van der Waals surface area contributed by atoms with Crippen molar-refractivity contribution in [3.63, 3.8) is 0 Å². The number of nitrogens with zero attached hydrogens (tertiary/aromatic N) is 1. The summed E-state index contributed by atoms with van der Waals surface area (Å²) in [7, 11) is -3.34. The molecule has 0 heterocycles. The lowest BCUT2D eigenvalue weighted by Crippen LogP contribution is -2.33. The molecule has 0 unspecified atom stereocenters. The molecule has 0 saturated heterocycles. The van der Waals surface area contributed by atoms with Gasteiger partial charge in [-0.25, -0.2) is 8.42 Å². The van der Waals surface area contributed by atoms with Crippen LogP contribution < -0.4 is 5.32 Å². The first-order valence-corrected chi connectivity index (χ1v) is 8.17. The molecule has 0 spiro atoms. The molecule has 1 N–H and O–H groups in total. The Morgan fingerprint density at radius 3 is 2.75 bits per heavy atom. The predicted octanol–water partition coefficient (Wildman–Crippen LogP) is 2.12. The van der Waals surface area contributed by atoms with Gasteiger partial charge in [0.05, 0.1) is 6.26 Å². The van der Waals surface area contributed by atoms with Gasteiger partial charge in [0.2, 0.25) is 15.9 Å². The third-order valence-corrected chi connectivity index (χ3v) is 4.00. The minimum Gasteiger partial charge on any atom is -0.326 e. The van der Waals surface area contributed by atoms with Crippen molar-refractivity contribution in [2.24, 2.45) is 0 Å². The number of carbonyl (C=O) groups is 1. The highest BCUT2D eigenvalue weighted by Crippen LogP contribution is 2.15. The minimum atomic E-state index is -3.34. The largest absolute Gasteiger partial charge is 0.326 e. The van der Waals surface area contributed by atoms with Gasteiger partial charge in [-0.15, -0.1) is 6.58 Å². The van der Waals surface area contributed by atoms with Gasteiger partial charge in [-0.1, -0.05) is 23.7 Å². The van der Waals surface area contributed by atoms with Crippen molar-refractivity contribution in [1.29, 1.82) is 0 Å². The molecule has 20 heavy (non-hydrogen) atoms. The van der Waals surface area contributed by atoms with Gasteiger partial charge in [-0.3, -0.25) is 4.79 Å². The normalized spacial score (nSPS) is 11.3. The second-order valence-electron chi connectivity index (χ2n) is 4.22. The van der Waals surface area contributed by atoms with E-state index >= 15 is 0 Å². The number of hydrogen-bond donors (Lipinski definition) is 1. The molecule has 0 atom stereocenters. The van der Waals surface area contributed by atoms with Crippen LogP contribution in [0.2, 0.25) is 5.02 Å². The Morgan fingerprint density at radius 1 is 1.50 bits per heavy atom. The van der Waals surface area contributed by atoms with E-state index in [0.717, 1.165) is 6.26 Å². The zero-order valence-electron chi connectivity index (χ0n) is 11.2. The molecule has 0 aliphatic rings. The van der Waals surface area contributed by atoms with Gasteiger partial charge in [0.25, 0.3) is 0 Å². The summed E-state index contributed by atoms with van der Waals surface area (Å²) < 4.78 is 24.1. The zero-order chi connectivity index (χ0) is 15.2. The van der Waals surface area contributed by atoms with E-state index in [1.165, 1.54) is 10.4 Å². The Morgan fingerprint density at radius 2 is 2.20 bits per heavy atom. The Labute approximate surface area is 124 Å². The second-order valence-corrected chi connectivity index (χ2v) is 6.64. The van der Waals surface area contributed by atoms with Crippen molar-refractivity contribution in [3.05, 3.63) is 41.9 Å². The first-order chi connectivity index (χ1) is 9.32. The van der Waals surface area contributed by atoms with E-state index in [1.54, 1.807) is 24.3 Å². The van der Waals surface area contributed by atoms with Crippen LogP contribution in [-0.4, -0.2) is 38.0 Å². The van der Waals surface area contributed by atoms with Crippen LogP contribution >= 0.6 is 11.6 Å². The van der Waals surface area contributed by atoms with Gasteiger partial charge in [0, 0.05) is 30.2 Å². The molecule has 0 aromatic heterocycles. The maximum atomic E-state index is 11.8. The van der Waals surface area contributed by atoms with Gasteiger partial charge < -0.3 is 5.32 Å². The topological polar surface area (TPSA) is 66.5 Å². The molecule has 1 aromatic carbocycles. The van der Waals surface area contributed by atoms with Crippen molar-refractivity contribution in [3.8, 4) is 0 Å². The third kappa shape index (κ3) is 5.73. The van der Waals surface area contributed by atoms with Crippen LogP contribution in [0.3, 0.4) is 0 Å². The summed E-state index contributed by atoms with van der Waals surface area (Å²) in [5, 5.41) is 3.18. The average Bonchev–Trinajstić information content (AvgIpc) is 2.33. The van der Waals surface area contributed by atoms with E-state index in [2.05, 4.69) is 11.9 Å². The summed E-state index contributed by atoms with van der Waals surface area (Å²) in [4.78, 5) is 11.8. The Hall–Kier alpha value is -1.37. The number of nitrogens with one attached hydrogen (secondary N) is 1. The molecule has 0 bridgehead atoms. The molecule has 1 rings (SSSR count). The van der Waals surface area contributed by atoms with Crippen molar-refractivity contribution in [2.45, 2.75) is 6.42 Å². The number of halogens is 1. The number of benzene rings is 1. The lowest BCUT2D eigenvalue weighted by molar-refractivity contribution is -0.116. The molecule has 7 heteroatoms. The average molecular weight is 317 g/mol. The van der Waals surface area contributed by atoms with Gasteiger partial charge in [0.15, 0.2) is 0 Å². The fraction of sp³-hybridized carbons (Fsp3) is 0.308. The summed E-state index contributed by atoms with van der Waals surface area (Å²) in [5.74, 6) is -0.273. The fourth-order valence-electron chi connectivity index (χ4n) is 1.55. The predicted molar refractivity (Wildman–Crippen MR) is 81.3 cm³/mol. The van der Waals surface area contributed by atoms with Crippen molar-refractivity contribution in [2.75, 3.05) is 24.7 Å². The molecule has 0 aliphatic carbocycles. The van der Waals surface area contributed by atoms with Gasteiger partial charge in [-0.05, 0) is 18.2 Å². The van der Waals surface area contributed by atoms with E-state index in [-0.39, 0.29) is 25.4 Å². The van der Waals surface area contributed by atoms with Gasteiger partial charge >= 0.3 is 0 Å². The van der Waals surface area contributed by atoms with Crippen LogP contribution in [0.15, 0.2) is 36.9 Å². The number of hydrogen-bond acceptors (Lipinski definition) is 3. The zero-order valence-corrected chi connectivity index (χ0v) is 12.7. The lowest BCUT2D eigenvalue weighted by Gasteiger charge is -2.17. The Bertz CT molecular complexity index is 587. The number of amides is 1. The molecular formula is C13H17ClN2O3S. The molecule has 0 fully saturated rings. The van der Waals surface area contributed by atoms with Crippen molar-refractivity contribution >= 4 is 33.2 Å². The standard InChI is InChI=1S/C13H17ClN2O3S/c1-3-8-16(20(2,18)19)9-7-13(17)15-12-6-4-5-11(14)10-12/h3-6,10H,1,7-9H2,2H3,(H,15,17). The Balaban J connectivity index is 2.56. The summed E-state index contributed by atoms with van der Waals surface area (Å²) in [5.41, 5.74) is 0.581. The van der Waals surface area contributed by atoms with Gasteiger partial charge in [0.1, 0.15) is 0 Å². The molecule has 0 aliphatic heterocycles. The van der Waals surface area contributed by atoms with E-state index < -0.39 is 10.0 Å². The van der Waals surface area contributed by atoms with Crippen LogP contribution in [0.4, 0.5) is 5.69 Å². The number of sulfonamides is 1. The van der Waals surface area contributed by atoms with Crippen LogP contribution in [0.5, 0.6) is 0 Å². The smallest absolute Gasteiger partial charge is 0.225 e. The Kier molecular flexibility index (Phi) is 6.19. The number of anilines is 1. The number of rotatable bonds is 7. The molecule has 0 radical (unpaired) electrons. The molecule has 5 nitrogen and oxygen atoms in total. The molecule has 110 valence electrons. The van der Waals surface area contributed by atoms with Crippen LogP contribution in [0, 0.1) is 0 Å². The monoisotopic (exact) mass is 316 g/mol. The molecular weight excluding hydrogens is 300 g/mol.